The van der Waals surface area contributed by atoms with Gasteiger partial charge in [0.05, 0.1) is 30.2 Å². The lowest BCUT2D eigenvalue weighted by Crippen LogP contribution is -2.61. The van der Waals surface area contributed by atoms with E-state index in [4.69, 9.17) is 10.6 Å². The van der Waals surface area contributed by atoms with Gasteiger partial charge >= 0.3 is 13.5 Å². The summed E-state index contributed by atoms with van der Waals surface area (Å²) >= 11 is 0. The molecule has 1 aliphatic heterocycles. The molecule has 1 saturated heterocycles. The summed E-state index contributed by atoms with van der Waals surface area (Å²) in [6.45, 7) is 7.53. The van der Waals surface area contributed by atoms with Gasteiger partial charge in [-0.1, -0.05) is 31.1 Å². The molecule has 0 aliphatic carbocycles. The number of nitro groups is 1. The number of benzene rings is 1. The fourth-order valence-corrected chi connectivity index (χ4v) is 7.49. The van der Waals surface area contributed by atoms with Gasteiger partial charge in [-0.05, 0) is 63.5 Å². The van der Waals surface area contributed by atoms with Crippen LogP contribution in [0.3, 0.4) is 0 Å². The third-order valence-corrected chi connectivity index (χ3v) is 10.8. The number of imidazole rings is 1. The van der Waals surface area contributed by atoms with Crippen molar-refractivity contribution in [3.05, 3.63) is 57.7 Å². The molecular formula is C40H59N10O15P. The number of hydrogen-bond acceptors (Lipinski definition) is 15. The maximum atomic E-state index is 14.0. The zero-order chi connectivity index (χ0) is 49.3. The Balaban J connectivity index is 1.78. The summed E-state index contributed by atoms with van der Waals surface area (Å²) < 4.78 is 17.6. The molecule has 1 fully saturated rings. The van der Waals surface area contributed by atoms with Gasteiger partial charge in [-0.15, -0.1) is 0 Å². The summed E-state index contributed by atoms with van der Waals surface area (Å²) in [5.74, 6) is -5.69. The summed E-state index contributed by atoms with van der Waals surface area (Å²) in [5, 5.41) is 45.2. The highest BCUT2D eigenvalue weighted by Gasteiger charge is 2.37. The molecule has 6 amide bonds. The van der Waals surface area contributed by atoms with Gasteiger partial charge in [-0.2, -0.15) is 0 Å². The van der Waals surface area contributed by atoms with Crippen molar-refractivity contribution in [2.75, 3.05) is 19.8 Å². The Morgan fingerprint density at radius 1 is 1.03 bits per heavy atom. The Bertz CT molecular complexity index is 2160. The van der Waals surface area contributed by atoms with E-state index < -0.39 is 96.6 Å². The third-order valence-electron chi connectivity index (χ3n) is 10.2. The van der Waals surface area contributed by atoms with Gasteiger partial charge in [-0.3, -0.25) is 43.4 Å². The first-order valence-corrected chi connectivity index (χ1v) is 22.5. The van der Waals surface area contributed by atoms with Crippen molar-refractivity contribution in [3.8, 4) is 5.75 Å². The molecule has 0 radical (unpaired) electrons. The lowest BCUT2D eigenvalue weighted by Gasteiger charge is -2.28. The monoisotopic (exact) mass is 950 g/mol. The predicted molar refractivity (Wildman–Crippen MR) is 234 cm³/mol. The number of primary amides is 1. The molecule has 1 aromatic heterocycles. The van der Waals surface area contributed by atoms with Crippen LogP contribution < -0.4 is 27.0 Å². The second-order valence-electron chi connectivity index (χ2n) is 16.0. The Morgan fingerprint density at radius 3 is 2.32 bits per heavy atom. The maximum Gasteiger partial charge on any atom is 0.469 e. The number of likely N-dealkylation sites (tertiary alicyclic amines) is 1. The van der Waals surface area contributed by atoms with Gasteiger partial charge in [0.15, 0.2) is 0 Å². The van der Waals surface area contributed by atoms with Crippen molar-refractivity contribution in [2.45, 2.75) is 116 Å². The van der Waals surface area contributed by atoms with Gasteiger partial charge in [0.1, 0.15) is 36.8 Å². The van der Waals surface area contributed by atoms with E-state index in [0.717, 1.165) is 6.92 Å². The Kier molecular flexibility index (Phi) is 20.8. The van der Waals surface area contributed by atoms with Crippen molar-refractivity contribution in [3.63, 3.8) is 0 Å². The van der Waals surface area contributed by atoms with E-state index in [1.165, 1.54) is 54.8 Å². The fraction of sp³-hybridized carbons (Fsp3) is 0.550. The van der Waals surface area contributed by atoms with E-state index in [1.54, 1.807) is 11.5 Å². The number of aromatic nitrogens is 2. The van der Waals surface area contributed by atoms with E-state index in [9.17, 15) is 63.4 Å². The summed E-state index contributed by atoms with van der Waals surface area (Å²) in [4.78, 5) is 119. The van der Waals surface area contributed by atoms with Crippen LogP contribution >= 0.6 is 7.82 Å². The molecule has 25 nitrogen and oxygen atoms in total. The van der Waals surface area contributed by atoms with Crippen LogP contribution in [0.25, 0.3) is 6.08 Å². The molecular weight excluding hydrogens is 891 g/mol. The van der Waals surface area contributed by atoms with Gasteiger partial charge in [0.2, 0.25) is 41.2 Å². The number of phosphoric ester groups is 1. The number of nitrogens with one attached hydrogen (secondary N) is 4. The minimum Gasteiger partial charge on any atom is -0.502 e. The van der Waals surface area contributed by atoms with Gasteiger partial charge in [0, 0.05) is 50.0 Å². The zero-order valence-corrected chi connectivity index (χ0v) is 38.1. The second kappa shape index (κ2) is 25.4. The summed E-state index contributed by atoms with van der Waals surface area (Å²) in [5.41, 5.74) is 6.10. The lowest BCUT2D eigenvalue weighted by atomic mass is 10.0. The molecule has 364 valence electrons. The van der Waals surface area contributed by atoms with Crippen LogP contribution in [-0.2, 0) is 55.7 Å². The molecule has 66 heavy (non-hydrogen) atoms. The number of nitro benzene ring substituents is 1. The van der Waals surface area contributed by atoms with E-state index in [0.29, 0.717) is 50.0 Å². The Labute approximate surface area is 379 Å². The number of phenols is 1. The SMILES string of the molecule is CC(=O)N1CCC[C@H]1C(=O)N[C@@H](CC(C)C)C(=O)N[C@@H](Cc1cncn1CCCCO/N=C/C(C)=C/c1cccc([N+](=O)[O-])c1O)C(=O)N[C@@H](CO)C(=O)N[C@H](C(N)=O)[C@@H](C)OP(=O)(O)O. The molecule has 0 unspecified atom stereocenters. The van der Waals surface area contributed by atoms with Crippen LogP contribution in [0.15, 0.2) is 41.5 Å². The van der Waals surface area contributed by atoms with Crippen LogP contribution in [0.4, 0.5) is 5.69 Å². The molecule has 2 heterocycles. The molecule has 1 aliphatic rings. The topological polar surface area (TPSA) is 370 Å². The number of carbonyl (C=O) groups excluding carboxylic acids is 6. The van der Waals surface area contributed by atoms with Crippen LogP contribution in [0.2, 0.25) is 0 Å². The largest absolute Gasteiger partial charge is 0.502 e. The highest BCUT2D eigenvalue weighted by Crippen LogP contribution is 2.38. The highest BCUT2D eigenvalue weighted by molar-refractivity contribution is 7.46. The molecule has 1 aromatic carbocycles. The third kappa shape index (κ3) is 16.9. The van der Waals surface area contributed by atoms with Crippen molar-refractivity contribution >= 4 is 61.2 Å². The molecule has 3 rings (SSSR count). The fourth-order valence-electron chi connectivity index (χ4n) is 6.93. The number of aliphatic hydroxyl groups is 1. The van der Waals surface area contributed by atoms with Crippen LogP contribution in [0.5, 0.6) is 5.75 Å². The van der Waals surface area contributed by atoms with E-state index in [-0.39, 0.29) is 36.8 Å². The number of hydrogen-bond donors (Lipinski definition) is 9. The number of aliphatic hydroxyl groups excluding tert-OH is 1. The molecule has 6 atom stereocenters. The number of amides is 6. The first-order valence-electron chi connectivity index (χ1n) is 20.9. The number of carbonyl (C=O) groups is 6. The van der Waals surface area contributed by atoms with E-state index in [1.807, 2.05) is 13.8 Å². The predicted octanol–water partition coefficient (Wildman–Crippen LogP) is -0.103. The van der Waals surface area contributed by atoms with Crippen LogP contribution in [0, 0.1) is 16.0 Å². The minimum absolute atomic E-state index is 0.130. The smallest absolute Gasteiger partial charge is 0.469 e. The van der Waals surface area contributed by atoms with Gasteiger partial charge < -0.3 is 61.3 Å². The lowest BCUT2D eigenvalue weighted by molar-refractivity contribution is -0.385. The number of oxime groups is 1. The molecule has 10 N–H and O–H groups in total. The number of rotatable bonds is 26. The van der Waals surface area contributed by atoms with Crippen LogP contribution in [-0.4, -0.2) is 137 Å². The molecule has 26 heteroatoms. The average molecular weight is 951 g/mol. The highest BCUT2D eigenvalue weighted by atomic mass is 31.2. The van der Waals surface area contributed by atoms with Crippen LogP contribution in [0.1, 0.15) is 78.0 Å². The first-order chi connectivity index (χ1) is 31.0. The average Bonchev–Trinajstić information content (AvgIpc) is 3.91. The van der Waals surface area contributed by atoms with Crippen molar-refractivity contribution in [2.24, 2.45) is 16.8 Å². The van der Waals surface area contributed by atoms with Crippen molar-refractivity contribution in [1.29, 1.82) is 0 Å². The van der Waals surface area contributed by atoms with Gasteiger partial charge in [-0.25, -0.2) is 9.55 Å². The number of aromatic hydroxyl groups is 1. The Morgan fingerprint density at radius 2 is 1.70 bits per heavy atom. The number of phenolic OH excluding ortho intramolecular Hbond substituents is 1. The maximum absolute atomic E-state index is 14.0. The zero-order valence-electron chi connectivity index (χ0n) is 37.2. The molecule has 0 bridgehead atoms. The molecule has 0 saturated carbocycles. The van der Waals surface area contributed by atoms with Crippen molar-refractivity contribution in [1.82, 2.24) is 35.7 Å². The summed E-state index contributed by atoms with van der Waals surface area (Å²) in [6.07, 6.45) is 6.03. The van der Waals surface area contributed by atoms with Gasteiger partial charge in [0.25, 0.3) is 0 Å². The normalized spacial score (nSPS) is 16.5. The molecule has 0 spiro atoms. The number of phosphoric acid groups is 1. The number of aryl methyl sites for hydroxylation is 1. The standard InChI is InChI=1S/C40H59N10O15P/c1-23(2)16-29(45-40(58)33-12-9-14-49(33)26(5)52)37(55)44-30(38(56)46-31(21-51)39(57)47-34(36(41)54)25(4)65-66(61,62)63)18-28-20-42-22-48(28)13-6-7-15-64-43-19-24(3)17-27-10-8-11-32(35(27)53)50(59)60/h8,10-11,17,19-20,22-23,25,29-31,33-34,51,53H,6-7,9,12-16,18,21H2,1-5H3,(H2,41,54)(H,44,55)(H,45,58)(H,46,56)(H,47,57)(H2,61,62,63)/b24-17+,43-19+/t25-,29+,30+,31+,33+,34+/m1/s1. The van der Waals surface area contributed by atoms with E-state index >= 15 is 0 Å². The number of nitrogens with two attached hydrogens (primary N) is 1. The number of nitrogens with zero attached hydrogens (tertiary/aromatic N) is 5. The van der Waals surface area contributed by atoms with E-state index in [2.05, 4.69) is 35.9 Å². The Hall–Kier alpha value is -6.27. The number of para-hydroxylation sites is 1. The summed E-state index contributed by atoms with van der Waals surface area (Å²) in [7, 11) is -5.15. The van der Waals surface area contributed by atoms with Crippen molar-refractivity contribution < 1.29 is 67.6 Å². The first kappa shape index (κ1) is 54.1. The minimum atomic E-state index is -5.15. The molecule has 2 aromatic rings. The number of allylic oxidation sites excluding steroid dienone is 1. The second-order valence-corrected chi connectivity index (χ2v) is 17.2. The number of unbranched alkanes of at least 4 members (excludes halogenated alkanes) is 1. The quantitative estimate of drug-likeness (QED) is 0.0195. The summed E-state index contributed by atoms with van der Waals surface area (Å²) in [6, 6.07) is -2.94.